The molecule has 1 aliphatic carbocycles. The minimum absolute atomic E-state index is 0.143. The van der Waals surface area contributed by atoms with Crippen LogP contribution in [0.2, 0.25) is 0 Å². The van der Waals surface area contributed by atoms with Crippen molar-refractivity contribution in [1.82, 2.24) is 25.6 Å². The van der Waals surface area contributed by atoms with E-state index in [0.29, 0.717) is 18.4 Å². The summed E-state index contributed by atoms with van der Waals surface area (Å²) in [5, 5.41) is 6.39. The number of nitrogens with one attached hydrogen (secondary N) is 3. The summed E-state index contributed by atoms with van der Waals surface area (Å²) in [6.07, 6.45) is 1.77. The first-order chi connectivity index (χ1) is 13.7. The van der Waals surface area contributed by atoms with Crippen LogP contribution in [0.15, 0.2) is 48.7 Å². The molecule has 142 valence electrons. The molecule has 2 aromatic heterocycles. The molecule has 3 atom stereocenters. The lowest BCUT2D eigenvalue weighted by atomic mass is 10.1. The van der Waals surface area contributed by atoms with Gasteiger partial charge in [0.2, 0.25) is 5.91 Å². The van der Waals surface area contributed by atoms with Crippen LogP contribution in [0.1, 0.15) is 11.4 Å². The number of H-pyrrole nitrogens is 1. The maximum atomic E-state index is 12.5. The van der Waals surface area contributed by atoms with Gasteiger partial charge in [0.15, 0.2) is 0 Å². The van der Waals surface area contributed by atoms with E-state index in [1.807, 2.05) is 18.2 Å². The minimum Gasteiger partial charge on any atom is -0.349 e. The lowest BCUT2D eigenvalue weighted by Gasteiger charge is -2.05. The van der Waals surface area contributed by atoms with Crippen molar-refractivity contribution in [2.45, 2.75) is 13.5 Å². The number of benzene rings is 1. The zero-order chi connectivity index (χ0) is 19.1. The number of aromatic nitrogens is 3. The molecule has 1 aliphatic heterocycles. The number of carbonyl (C=O) groups is 1. The molecule has 1 saturated heterocycles. The van der Waals surface area contributed by atoms with Crippen molar-refractivity contribution in [3.8, 4) is 22.6 Å². The fourth-order valence-corrected chi connectivity index (χ4v) is 4.22. The summed E-state index contributed by atoms with van der Waals surface area (Å²) in [5.74, 6) is 2.09. The molecule has 6 heteroatoms. The van der Waals surface area contributed by atoms with Gasteiger partial charge in [0.25, 0.3) is 0 Å². The number of imidazole rings is 1. The second-order valence-electron chi connectivity index (χ2n) is 7.72. The molecule has 1 unspecified atom stereocenters. The van der Waals surface area contributed by atoms with E-state index < -0.39 is 0 Å². The van der Waals surface area contributed by atoms with Crippen LogP contribution in [0.3, 0.4) is 0 Å². The highest BCUT2D eigenvalue weighted by molar-refractivity contribution is 5.82. The molecule has 1 saturated carbocycles. The summed E-state index contributed by atoms with van der Waals surface area (Å²) >= 11 is 0. The number of aryl methyl sites for hydroxylation is 1. The Balaban J connectivity index is 1.39. The second-order valence-corrected chi connectivity index (χ2v) is 7.72. The van der Waals surface area contributed by atoms with Crippen molar-refractivity contribution in [1.29, 1.82) is 0 Å². The lowest BCUT2D eigenvalue weighted by Crippen LogP contribution is -2.29. The summed E-state index contributed by atoms with van der Waals surface area (Å²) in [6.45, 7) is 4.39. The van der Waals surface area contributed by atoms with Gasteiger partial charge >= 0.3 is 0 Å². The van der Waals surface area contributed by atoms with Crippen molar-refractivity contribution in [2.75, 3.05) is 13.1 Å². The summed E-state index contributed by atoms with van der Waals surface area (Å²) in [6, 6.07) is 14.1. The number of hydrogen-bond acceptors (Lipinski definition) is 4. The number of carbonyl (C=O) groups excluding carboxylic acids is 1. The number of aromatic amines is 1. The van der Waals surface area contributed by atoms with Crippen LogP contribution in [-0.4, -0.2) is 33.9 Å². The van der Waals surface area contributed by atoms with E-state index in [1.165, 1.54) is 5.56 Å². The van der Waals surface area contributed by atoms with Gasteiger partial charge in [-0.2, -0.15) is 0 Å². The van der Waals surface area contributed by atoms with Gasteiger partial charge in [-0.1, -0.05) is 35.9 Å². The number of amides is 1. The first-order valence-corrected chi connectivity index (χ1v) is 9.76. The molecule has 1 aromatic carbocycles. The van der Waals surface area contributed by atoms with Crippen LogP contribution < -0.4 is 10.6 Å². The molecular weight excluding hydrogens is 350 g/mol. The Kier molecular flexibility index (Phi) is 4.20. The van der Waals surface area contributed by atoms with Gasteiger partial charge in [0.1, 0.15) is 5.82 Å². The van der Waals surface area contributed by atoms with E-state index in [4.69, 9.17) is 4.98 Å². The number of hydrogen-bond donors (Lipinski definition) is 3. The zero-order valence-electron chi connectivity index (χ0n) is 15.8. The van der Waals surface area contributed by atoms with Crippen LogP contribution >= 0.6 is 0 Å². The number of nitrogens with zero attached hydrogens (tertiary/aromatic N) is 2. The topological polar surface area (TPSA) is 82.7 Å². The highest BCUT2D eigenvalue weighted by Crippen LogP contribution is 2.48. The van der Waals surface area contributed by atoms with E-state index in [9.17, 15) is 4.79 Å². The summed E-state index contributed by atoms with van der Waals surface area (Å²) in [4.78, 5) is 25.1. The second kappa shape index (κ2) is 6.87. The predicted octanol–water partition coefficient (Wildman–Crippen LogP) is 2.53. The Labute approximate surface area is 163 Å². The van der Waals surface area contributed by atoms with Crippen molar-refractivity contribution in [2.24, 2.45) is 17.8 Å². The number of pyridine rings is 1. The van der Waals surface area contributed by atoms with Crippen molar-refractivity contribution in [3.63, 3.8) is 0 Å². The van der Waals surface area contributed by atoms with Gasteiger partial charge < -0.3 is 15.6 Å². The fraction of sp³-hybridized carbons (Fsp3) is 0.318. The third-order valence-corrected chi connectivity index (χ3v) is 5.82. The molecular formula is C22H23N5O. The Morgan fingerprint density at radius 2 is 1.93 bits per heavy atom. The molecule has 2 fully saturated rings. The van der Waals surface area contributed by atoms with E-state index in [1.54, 1.807) is 6.20 Å². The fourth-order valence-electron chi connectivity index (χ4n) is 4.22. The average molecular weight is 373 g/mol. The molecule has 0 spiro atoms. The van der Waals surface area contributed by atoms with Crippen LogP contribution in [0, 0.1) is 24.7 Å². The largest absolute Gasteiger partial charge is 0.349 e. The Hall–Kier alpha value is -2.99. The SMILES string of the molecule is Cc1ccc(-c2nc(CNC(=O)C3[C@H]4CNC[C@@H]34)[nH]c2-c2ccccn2)cc1. The van der Waals surface area contributed by atoms with E-state index in [0.717, 1.165) is 41.6 Å². The van der Waals surface area contributed by atoms with Crippen molar-refractivity contribution >= 4 is 5.91 Å². The number of fused-ring (bicyclic) bond motifs is 1. The molecule has 0 bridgehead atoms. The third-order valence-electron chi connectivity index (χ3n) is 5.82. The van der Waals surface area contributed by atoms with Crippen LogP contribution in [0.5, 0.6) is 0 Å². The Morgan fingerprint density at radius 1 is 1.14 bits per heavy atom. The molecule has 28 heavy (non-hydrogen) atoms. The zero-order valence-corrected chi connectivity index (χ0v) is 15.8. The lowest BCUT2D eigenvalue weighted by molar-refractivity contribution is -0.123. The first-order valence-electron chi connectivity index (χ1n) is 9.76. The predicted molar refractivity (Wildman–Crippen MR) is 107 cm³/mol. The molecule has 0 radical (unpaired) electrons. The normalized spacial score (nSPS) is 22.7. The standard InChI is InChI=1S/C22H23N5O/c1-13-5-7-14(8-6-13)20-21(17-4-2-3-9-24-17)27-18(26-20)12-25-22(28)19-15-10-23-11-16(15)19/h2-9,15-16,19,23H,10-12H2,1H3,(H,25,28)(H,26,27)/t15-,16+,19?. The van der Waals surface area contributed by atoms with Crippen molar-refractivity contribution < 1.29 is 4.79 Å². The van der Waals surface area contributed by atoms with Crippen molar-refractivity contribution in [3.05, 3.63) is 60.0 Å². The third kappa shape index (κ3) is 3.10. The van der Waals surface area contributed by atoms with Gasteiger partial charge in [-0.05, 0) is 44.0 Å². The van der Waals surface area contributed by atoms with E-state index in [-0.39, 0.29) is 11.8 Å². The molecule has 1 amide bonds. The van der Waals surface area contributed by atoms with Gasteiger partial charge in [-0.25, -0.2) is 4.98 Å². The molecule has 3 aromatic rings. The molecule has 3 heterocycles. The van der Waals surface area contributed by atoms with Gasteiger partial charge in [0.05, 0.1) is 23.6 Å². The average Bonchev–Trinajstić information content (AvgIpc) is 3.07. The van der Waals surface area contributed by atoms with Crippen LogP contribution in [0.4, 0.5) is 0 Å². The van der Waals surface area contributed by atoms with Gasteiger partial charge in [-0.3, -0.25) is 9.78 Å². The van der Waals surface area contributed by atoms with Crippen LogP contribution in [0.25, 0.3) is 22.6 Å². The number of piperidine rings is 1. The molecule has 3 N–H and O–H groups in total. The minimum atomic E-state index is 0.143. The summed E-state index contributed by atoms with van der Waals surface area (Å²) < 4.78 is 0. The van der Waals surface area contributed by atoms with Gasteiger partial charge in [0, 0.05) is 17.7 Å². The highest BCUT2D eigenvalue weighted by atomic mass is 16.2. The summed E-state index contributed by atoms with van der Waals surface area (Å²) in [7, 11) is 0. The summed E-state index contributed by atoms with van der Waals surface area (Å²) in [5.41, 5.74) is 4.81. The van der Waals surface area contributed by atoms with E-state index >= 15 is 0 Å². The van der Waals surface area contributed by atoms with E-state index in [2.05, 4.69) is 51.8 Å². The smallest absolute Gasteiger partial charge is 0.224 e. The van der Waals surface area contributed by atoms with Gasteiger partial charge in [-0.15, -0.1) is 0 Å². The molecule has 5 rings (SSSR count). The van der Waals surface area contributed by atoms with Crippen LogP contribution in [-0.2, 0) is 11.3 Å². The molecule has 6 nitrogen and oxygen atoms in total. The molecule has 2 aliphatic rings. The maximum absolute atomic E-state index is 12.5. The maximum Gasteiger partial charge on any atom is 0.224 e. The Bertz CT molecular complexity index is 986. The number of rotatable bonds is 5. The quantitative estimate of drug-likeness (QED) is 0.642. The highest BCUT2D eigenvalue weighted by Gasteiger charge is 2.56. The monoisotopic (exact) mass is 373 g/mol. The first kappa shape index (κ1) is 17.1. The Morgan fingerprint density at radius 3 is 2.64 bits per heavy atom.